The monoisotopic (exact) mass is 307 g/mol. The third kappa shape index (κ3) is 5.39. The fourth-order valence-corrected chi connectivity index (χ4v) is 3.17. The number of unbranched alkanes of at least 4 members (excludes halogenated alkanes) is 3. The maximum Gasteiger partial charge on any atom is 0.171 e. The van der Waals surface area contributed by atoms with E-state index in [0.29, 0.717) is 16.1 Å². The van der Waals surface area contributed by atoms with E-state index >= 15 is 0 Å². The van der Waals surface area contributed by atoms with Gasteiger partial charge in [0, 0.05) is 13.5 Å². The highest BCUT2D eigenvalue weighted by Crippen LogP contribution is 2.35. The molecule has 3 N–H and O–H groups in total. The molecule has 0 fully saturated rings. The van der Waals surface area contributed by atoms with Crippen LogP contribution in [-0.4, -0.2) is 12.3 Å². The molecule has 5 heteroatoms. The van der Waals surface area contributed by atoms with Gasteiger partial charge < -0.3 is 11.1 Å². The number of thiophene rings is 1. The van der Waals surface area contributed by atoms with Crippen LogP contribution in [0.2, 0.25) is 0 Å². The van der Waals surface area contributed by atoms with E-state index in [2.05, 4.69) is 25.2 Å². The first kappa shape index (κ1) is 17.5. The van der Waals surface area contributed by atoms with Crippen molar-refractivity contribution in [1.82, 2.24) is 0 Å². The van der Waals surface area contributed by atoms with Crippen molar-refractivity contribution in [3.63, 3.8) is 0 Å². The van der Waals surface area contributed by atoms with Gasteiger partial charge in [-0.3, -0.25) is 4.79 Å². The van der Waals surface area contributed by atoms with Crippen LogP contribution in [0.25, 0.3) is 0 Å². The first-order chi connectivity index (χ1) is 9.97. The number of nitrogens with one attached hydrogen (secondary N) is 1. The maximum atomic E-state index is 11.4. The van der Waals surface area contributed by atoms with Crippen molar-refractivity contribution in [1.29, 1.82) is 5.26 Å². The number of anilines is 2. The Bertz CT molecular complexity index is 514. The molecule has 0 aliphatic rings. The van der Waals surface area contributed by atoms with Crippen LogP contribution in [0.3, 0.4) is 0 Å². The number of ketones is 1. The summed E-state index contributed by atoms with van der Waals surface area (Å²) in [6, 6.07) is 2.08. The normalized spacial score (nSPS) is 10.6. The first-order valence-corrected chi connectivity index (χ1v) is 8.36. The van der Waals surface area contributed by atoms with E-state index < -0.39 is 0 Å². The number of hydrogen-bond donors (Lipinski definition) is 2. The Morgan fingerprint density at radius 1 is 1.33 bits per heavy atom. The molecule has 0 saturated carbocycles. The molecule has 0 spiro atoms. The van der Waals surface area contributed by atoms with Crippen LogP contribution in [-0.2, 0) is 0 Å². The zero-order valence-corrected chi connectivity index (χ0v) is 14.0. The van der Waals surface area contributed by atoms with Gasteiger partial charge in [-0.25, -0.2) is 0 Å². The summed E-state index contributed by atoms with van der Waals surface area (Å²) in [6.45, 7) is 6.78. The lowest BCUT2D eigenvalue weighted by atomic mass is 10.0. The Balaban J connectivity index is 2.41. The summed E-state index contributed by atoms with van der Waals surface area (Å²) in [4.78, 5) is 11.9. The number of rotatable bonds is 9. The van der Waals surface area contributed by atoms with Gasteiger partial charge >= 0.3 is 0 Å². The minimum absolute atomic E-state index is 0.0873. The summed E-state index contributed by atoms with van der Waals surface area (Å²) in [5.74, 6) is 0.691. The zero-order chi connectivity index (χ0) is 15.8. The third-order valence-corrected chi connectivity index (χ3v) is 4.63. The van der Waals surface area contributed by atoms with E-state index in [1.165, 1.54) is 43.9 Å². The molecule has 0 radical (unpaired) electrons. The van der Waals surface area contributed by atoms with Crippen molar-refractivity contribution < 1.29 is 4.79 Å². The van der Waals surface area contributed by atoms with Gasteiger partial charge in [0.25, 0.3) is 0 Å². The standard InChI is InChI=1S/C16H25N3OS/c1-11(2)8-6-4-5-7-9-19-16-13(10-17)14(18)15(21-16)12(3)20/h11,19H,4-9,18H2,1-3H3. The largest absolute Gasteiger partial charge is 0.396 e. The Labute approximate surface area is 131 Å². The van der Waals surface area contributed by atoms with E-state index in [0.717, 1.165) is 23.9 Å². The molecule has 0 bridgehead atoms. The lowest BCUT2D eigenvalue weighted by Crippen LogP contribution is -2.01. The molecular formula is C16H25N3OS. The lowest BCUT2D eigenvalue weighted by molar-refractivity contribution is 0.102. The predicted octanol–water partition coefficient (Wildman–Crippen LogP) is 4.42. The van der Waals surface area contributed by atoms with Gasteiger partial charge in [-0.1, -0.05) is 39.5 Å². The second-order valence-corrected chi connectivity index (χ2v) is 6.76. The fraction of sp³-hybridized carbons (Fsp3) is 0.625. The topological polar surface area (TPSA) is 78.9 Å². The molecule has 0 unspecified atom stereocenters. The van der Waals surface area contributed by atoms with E-state index in [-0.39, 0.29) is 5.78 Å². The molecule has 1 heterocycles. The van der Waals surface area contributed by atoms with E-state index in [9.17, 15) is 4.79 Å². The van der Waals surface area contributed by atoms with Crippen LogP contribution >= 0.6 is 11.3 Å². The molecule has 21 heavy (non-hydrogen) atoms. The first-order valence-electron chi connectivity index (χ1n) is 7.54. The number of nitrogens with zero attached hydrogens (tertiary/aromatic N) is 1. The van der Waals surface area contributed by atoms with Crippen LogP contribution in [0.5, 0.6) is 0 Å². The number of Topliss-reactive ketones (excluding diaryl/α,β-unsaturated/α-hetero) is 1. The number of nitriles is 1. The van der Waals surface area contributed by atoms with E-state index in [1.807, 2.05) is 0 Å². The van der Waals surface area contributed by atoms with Gasteiger partial charge in [0.2, 0.25) is 0 Å². The Kier molecular flexibility index (Phi) is 7.24. The minimum atomic E-state index is -0.0873. The summed E-state index contributed by atoms with van der Waals surface area (Å²) >= 11 is 1.28. The van der Waals surface area contributed by atoms with Crippen LogP contribution in [0.4, 0.5) is 10.7 Å². The molecule has 1 rings (SSSR count). The molecule has 0 amide bonds. The number of carbonyl (C=O) groups excluding carboxylic acids is 1. The summed E-state index contributed by atoms with van der Waals surface area (Å²) in [7, 11) is 0. The number of nitrogens with two attached hydrogens (primary N) is 1. The second kappa shape index (κ2) is 8.68. The summed E-state index contributed by atoms with van der Waals surface area (Å²) in [5.41, 5.74) is 6.56. The van der Waals surface area contributed by atoms with Crippen LogP contribution < -0.4 is 11.1 Å². The van der Waals surface area contributed by atoms with Crippen molar-refractivity contribution in [3.8, 4) is 6.07 Å². The lowest BCUT2D eigenvalue weighted by Gasteiger charge is -2.06. The molecule has 0 atom stereocenters. The molecule has 1 aromatic rings. The van der Waals surface area contributed by atoms with Gasteiger partial charge in [-0.05, 0) is 12.3 Å². The highest BCUT2D eigenvalue weighted by atomic mass is 32.1. The summed E-state index contributed by atoms with van der Waals surface area (Å²) < 4.78 is 0. The van der Waals surface area contributed by atoms with Gasteiger partial charge in [0.1, 0.15) is 16.6 Å². The predicted molar refractivity (Wildman–Crippen MR) is 89.9 cm³/mol. The molecule has 4 nitrogen and oxygen atoms in total. The third-order valence-electron chi connectivity index (χ3n) is 3.37. The van der Waals surface area contributed by atoms with Crippen molar-refractivity contribution >= 4 is 27.8 Å². The minimum Gasteiger partial charge on any atom is -0.396 e. The smallest absolute Gasteiger partial charge is 0.171 e. The average molecular weight is 307 g/mol. The van der Waals surface area contributed by atoms with Crippen LogP contribution in [0, 0.1) is 17.2 Å². The number of carbonyl (C=O) groups is 1. The number of hydrogen-bond acceptors (Lipinski definition) is 5. The van der Waals surface area contributed by atoms with Crippen LogP contribution in [0.1, 0.15) is 68.1 Å². The fourth-order valence-electron chi connectivity index (χ4n) is 2.17. The Hall–Kier alpha value is -1.54. The van der Waals surface area contributed by atoms with Gasteiger partial charge in [0.15, 0.2) is 5.78 Å². The van der Waals surface area contributed by atoms with Crippen molar-refractivity contribution in [2.24, 2.45) is 5.92 Å². The number of nitrogen functional groups attached to an aromatic ring is 1. The second-order valence-electron chi connectivity index (χ2n) is 5.74. The molecular weight excluding hydrogens is 282 g/mol. The van der Waals surface area contributed by atoms with Crippen molar-refractivity contribution in [2.45, 2.75) is 52.9 Å². The van der Waals surface area contributed by atoms with Gasteiger partial charge in [0.05, 0.1) is 10.6 Å². The Morgan fingerprint density at radius 3 is 2.57 bits per heavy atom. The average Bonchev–Trinajstić information content (AvgIpc) is 2.73. The highest BCUT2D eigenvalue weighted by Gasteiger charge is 2.18. The molecule has 116 valence electrons. The highest BCUT2D eigenvalue weighted by molar-refractivity contribution is 7.18. The molecule has 0 aliphatic heterocycles. The summed E-state index contributed by atoms with van der Waals surface area (Å²) in [5, 5.41) is 13.1. The van der Waals surface area contributed by atoms with E-state index in [1.54, 1.807) is 0 Å². The van der Waals surface area contributed by atoms with Gasteiger partial charge in [-0.15, -0.1) is 11.3 Å². The Morgan fingerprint density at radius 2 is 2.00 bits per heavy atom. The SMILES string of the molecule is CC(=O)c1sc(NCCCCCCC(C)C)c(C#N)c1N. The quantitative estimate of drug-likeness (QED) is 0.522. The zero-order valence-electron chi connectivity index (χ0n) is 13.2. The summed E-state index contributed by atoms with van der Waals surface area (Å²) in [6.07, 6.45) is 6.06. The van der Waals surface area contributed by atoms with Crippen molar-refractivity contribution in [2.75, 3.05) is 17.6 Å². The van der Waals surface area contributed by atoms with Crippen molar-refractivity contribution in [3.05, 3.63) is 10.4 Å². The maximum absolute atomic E-state index is 11.4. The van der Waals surface area contributed by atoms with E-state index in [4.69, 9.17) is 11.0 Å². The van der Waals surface area contributed by atoms with Crippen LogP contribution in [0.15, 0.2) is 0 Å². The molecule has 1 aromatic heterocycles. The molecule has 0 aliphatic carbocycles. The molecule has 0 aromatic carbocycles. The van der Waals surface area contributed by atoms with Gasteiger partial charge in [-0.2, -0.15) is 5.26 Å². The molecule has 0 saturated heterocycles.